The Morgan fingerprint density at radius 3 is 2.48 bits per heavy atom. The highest BCUT2D eigenvalue weighted by atomic mass is 16.3. The molecule has 0 spiro atoms. The Morgan fingerprint density at radius 2 is 1.65 bits per heavy atom. The molecule has 31 heavy (non-hydrogen) atoms. The topological polar surface area (TPSA) is 57.6 Å². The number of Topliss-reactive ketones (excluding diaryl/α,β-unsaturated/α-hetero) is 1. The van der Waals surface area contributed by atoms with Crippen molar-refractivity contribution in [2.24, 2.45) is 5.92 Å². The van der Waals surface area contributed by atoms with Crippen LogP contribution in [-0.4, -0.2) is 23.3 Å². The standard InChI is InChI=1S/C27H23NO3/c29-25-21-13-5-4-12-20(21)16-17-23(25)27(31)22-14-6-7-15-24(22)28(26(27)30)18-8-11-19-9-2-1-3-10-19/h1-15,23,31H,16-18H2/b11-8+/t23-,27-/m1/s1. The van der Waals surface area contributed by atoms with Gasteiger partial charge in [0.25, 0.3) is 5.91 Å². The van der Waals surface area contributed by atoms with Crippen LogP contribution in [0.15, 0.2) is 84.9 Å². The molecule has 0 aromatic heterocycles. The fourth-order valence-electron chi connectivity index (χ4n) is 4.83. The SMILES string of the molecule is O=C1c2ccccc2CC[C@H]1[C@@]1(O)C(=O)N(C/C=C/c2ccccc2)c2ccccc21. The number of ketones is 1. The van der Waals surface area contributed by atoms with Crippen molar-refractivity contribution in [3.05, 3.63) is 107 Å². The Morgan fingerprint density at radius 1 is 0.935 bits per heavy atom. The molecule has 1 aliphatic carbocycles. The number of hydrogen-bond donors (Lipinski definition) is 1. The van der Waals surface area contributed by atoms with Crippen LogP contribution in [0.5, 0.6) is 0 Å². The van der Waals surface area contributed by atoms with E-state index in [1.54, 1.807) is 17.0 Å². The monoisotopic (exact) mass is 409 g/mol. The van der Waals surface area contributed by atoms with E-state index < -0.39 is 17.4 Å². The van der Waals surface area contributed by atoms with Crippen LogP contribution in [0.2, 0.25) is 0 Å². The third kappa shape index (κ3) is 3.11. The van der Waals surface area contributed by atoms with Crippen molar-refractivity contribution in [1.82, 2.24) is 0 Å². The van der Waals surface area contributed by atoms with Gasteiger partial charge in [-0.1, -0.05) is 84.9 Å². The van der Waals surface area contributed by atoms with Crippen LogP contribution >= 0.6 is 0 Å². The summed E-state index contributed by atoms with van der Waals surface area (Å²) in [5.41, 5.74) is 1.97. The van der Waals surface area contributed by atoms with Crippen LogP contribution in [0.4, 0.5) is 5.69 Å². The molecule has 1 N–H and O–H groups in total. The number of fused-ring (bicyclic) bond motifs is 2. The van der Waals surface area contributed by atoms with E-state index in [1.165, 1.54) is 0 Å². The highest BCUT2D eigenvalue weighted by molar-refractivity contribution is 6.12. The molecular formula is C27H23NO3. The average molecular weight is 409 g/mol. The van der Waals surface area contributed by atoms with Gasteiger partial charge >= 0.3 is 0 Å². The first kappa shape index (κ1) is 19.5. The molecule has 0 saturated heterocycles. The molecule has 1 aliphatic heterocycles. The minimum Gasteiger partial charge on any atom is -0.375 e. The fraction of sp³-hybridized carbons (Fsp3) is 0.185. The maximum Gasteiger partial charge on any atom is 0.264 e. The normalized spacial score (nSPS) is 22.6. The third-order valence-corrected chi connectivity index (χ3v) is 6.38. The van der Waals surface area contributed by atoms with E-state index in [-0.39, 0.29) is 5.78 Å². The van der Waals surface area contributed by atoms with Gasteiger partial charge in [0.05, 0.1) is 11.6 Å². The van der Waals surface area contributed by atoms with E-state index in [9.17, 15) is 14.7 Å². The molecule has 0 bridgehead atoms. The summed E-state index contributed by atoms with van der Waals surface area (Å²) in [5.74, 6) is -1.38. The van der Waals surface area contributed by atoms with Crippen LogP contribution < -0.4 is 4.90 Å². The van der Waals surface area contributed by atoms with E-state index in [2.05, 4.69) is 0 Å². The third-order valence-electron chi connectivity index (χ3n) is 6.38. The Kier molecular flexibility index (Phi) is 4.79. The van der Waals surface area contributed by atoms with Crippen LogP contribution in [0, 0.1) is 5.92 Å². The van der Waals surface area contributed by atoms with Gasteiger partial charge in [-0.05, 0) is 30.0 Å². The first-order valence-electron chi connectivity index (χ1n) is 10.6. The largest absolute Gasteiger partial charge is 0.375 e. The van der Waals surface area contributed by atoms with E-state index in [4.69, 9.17) is 0 Å². The smallest absolute Gasteiger partial charge is 0.264 e. The van der Waals surface area contributed by atoms with Crippen molar-refractivity contribution >= 4 is 23.5 Å². The number of anilines is 1. The molecule has 3 aromatic rings. The zero-order chi connectivity index (χ0) is 21.4. The average Bonchev–Trinajstić information content (AvgIpc) is 3.03. The molecule has 2 aliphatic rings. The van der Waals surface area contributed by atoms with Gasteiger partial charge in [0, 0.05) is 17.7 Å². The molecule has 0 unspecified atom stereocenters. The van der Waals surface area contributed by atoms with E-state index in [1.807, 2.05) is 78.9 Å². The first-order chi connectivity index (χ1) is 15.1. The maximum absolute atomic E-state index is 13.6. The van der Waals surface area contributed by atoms with Crippen LogP contribution in [0.1, 0.15) is 33.5 Å². The zero-order valence-electron chi connectivity index (χ0n) is 17.1. The van der Waals surface area contributed by atoms with Gasteiger partial charge in [-0.3, -0.25) is 9.59 Å². The minimum atomic E-state index is -1.85. The summed E-state index contributed by atoms with van der Waals surface area (Å²) in [6, 6.07) is 24.6. The summed E-state index contributed by atoms with van der Waals surface area (Å²) in [6.45, 7) is 0.324. The molecule has 5 rings (SSSR count). The van der Waals surface area contributed by atoms with Gasteiger partial charge in [-0.15, -0.1) is 0 Å². The highest BCUT2D eigenvalue weighted by Crippen LogP contribution is 2.48. The number of benzene rings is 3. The lowest BCUT2D eigenvalue weighted by atomic mass is 9.71. The molecule has 0 fully saturated rings. The van der Waals surface area contributed by atoms with Crippen LogP contribution in [0.3, 0.4) is 0 Å². The van der Waals surface area contributed by atoms with E-state index in [0.29, 0.717) is 36.2 Å². The molecule has 1 amide bonds. The number of nitrogens with zero attached hydrogens (tertiary/aromatic N) is 1. The Labute approximate surface area is 181 Å². The Balaban J connectivity index is 1.49. The second-order valence-corrected chi connectivity index (χ2v) is 8.12. The van der Waals surface area contributed by atoms with Crippen molar-refractivity contribution in [2.75, 3.05) is 11.4 Å². The molecular weight excluding hydrogens is 386 g/mol. The zero-order valence-corrected chi connectivity index (χ0v) is 17.1. The van der Waals surface area contributed by atoms with Gasteiger partial charge in [0.15, 0.2) is 11.4 Å². The summed E-state index contributed by atoms with van der Waals surface area (Å²) in [5, 5.41) is 11.8. The van der Waals surface area contributed by atoms with Crippen LogP contribution in [0.25, 0.3) is 6.08 Å². The molecule has 1 heterocycles. The van der Waals surface area contributed by atoms with Crippen LogP contribution in [-0.2, 0) is 16.8 Å². The summed E-state index contributed by atoms with van der Waals surface area (Å²) < 4.78 is 0. The summed E-state index contributed by atoms with van der Waals surface area (Å²) >= 11 is 0. The molecule has 154 valence electrons. The van der Waals surface area contributed by atoms with Crippen molar-refractivity contribution in [3.63, 3.8) is 0 Å². The molecule has 2 atom stereocenters. The highest BCUT2D eigenvalue weighted by Gasteiger charge is 2.57. The fourth-order valence-corrected chi connectivity index (χ4v) is 4.83. The van der Waals surface area contributed by atoms with Crippen molar-refractivity contribution in [3.8, 4) is 0 Å². The summed E-state index contributed by atoms with van der Waals surface area (Å²) in [4.78, 5) is 28.5. The number of amides is 1. The molecule has 0 saturated carbocycles. The minimum absolute atomic E-state index is 0.158. The van der Waals surface area contributed by atoms with Gasteiger partial charge in [-0.25, -0.2) is 0 Å². The lowest BCUT2D eigenvalue weighted by Crippen LogP contribution is -2.49. The van der Waals surface area contributed by atoms with Gasteiger partial charge < -0.3 is 10.0 Å². The molecule has 4 nitrogen and oxygen atoms in total. The number of carbonyl (C=O) groups excluding carboxylic acids is 2. The van der Waals surface area contributed by atoms with Gasteiger partial charge in [-0.2, -0.15) is 0 Å². The summed E-state index contributed by atoms with van der Waals surface area (Å²) in [7, 11) is 0. The lowest BCUT2D eigenvalue weighted by Gasteiger charge is -2.34. The van der Waals surface area contributed by atoms with Crippen molar-refractivity contribution < 1.29 is 14.7 Å². The predicted octanol–water partition coefficient (Wildman–Crippen LogP) is 4.38. The van der Waals surface area contributed by atoms with E-state index >= 15 is 0 Å². The Bertz CT molecular complexity index is 1180. The first-order valence-corrected chi connectivity index (χ1v) is 10.6. The molecule has 3 aromatic carbocycles. The number of aliphatic hydroxyl groups is 1. The van der Waals surface area contributed by atoms with Crippen molar-refractivity contribution in [2.45, 2.75) is 18.4 Å². The molecule has 4 heteroatoms. The second-order valence-electron chi connectivity index (χ2n) is 8.12. The van der Waals surface area contributed by atoms with Gasteiger partial charge in [0.2, 0.25) is 0 Å². The lowest BCUT2D eigenvalue weighted by molar-refractivity contribution is -0.140. The molecule has 0 radical (unpaired) electrons. The number of aryl methyl sites for hydroxylation is 1. The number of rotatable bonds is 4. The predicted molar refractivity (Wildman–Crippen MR) is 121 cm³/mol. The Hall–Kier alpha value is -3.50. The number of carbonyl (C=O) groups is 2. The number of para-hydroxylation sites is 1. The van der Waals surface area contributed by atoms with Crippen molar-refractivity contribution in [1.29, 1.82) is 0 Å². The maximum atomic E-state index is 13.6. The second kappa shape index (κ2) is 7.64. The van der Waals surface area contributed by atoms with E-state index in [0.717, 1.165) is 11.1 Å². The van der Waals surface area contributed by atoms with Gasteiger partial charge in [0.1, 0.15) is 0 Å². The quantitative estimate of drug-likeness (QED) is 0.696. The number of hydrogen-bond acceptors (Lipinski definition) is 3. The summed E-state index contributed by atoms with van der Waals surface area (Å²) in [6.07, 6.45) is 4.97.